The molecule has 2 nitrogen and oxygen atoms in total. The minimum atomic E-state index is -3.81. The Labute approximate surface area is 103 Å². The molecule has 1 atom stereocenters. The quantitative estimate of drug-likeness (QED) is 0.653. The molecule has 0 aliphatic carbocycles. The predicted octanol–water partition coefficient (Wildman–Crippen LogP) is 3.07. The van der Waals surface area contributed by atoms with Crippen LogP contribution in [0.5, 0.6) is 0 Å². The smallest absolute Gasteiger partial charge is 0.326 e. The molecule has 7 heteroatoms. The Balaban J connectivity index is 0.00000256. The average molecular weight is 273 g/mol. The van der Waals surface area contributed by atoms with Crippen molar-refractivity contribution in [1.82, 2.24) is 0 Å². The van der Waals surface area contributed by atoms with Gasteiger partial charge in [-0.1, -0.05) is 6.07 Å². The number of nitrogens with one attached hydrogen (secondary N) is 1. The maximum Gasteiger partial charge on any atom is 0.354 e. The second kappa shape index (κ2) is 6.07. The highest BCUT2D eigenvalue weighted by molar-refractivity contribution is 5.85. The molecule has 0 aliphatic rings. The van der Waals surface area contributed by atoms with E-state index in [1.54, 1.807) is 0 Å². The molecule has 17 heavy (non-hydrogen) atoms. The molecule has 0 spiro atoms. The number of hydrogen-bond donors (Lipinski definition) is 2. The average Bonchev–Trinajstić information content (AvgIpc) is 2.21. The van der Waals surface area contributed by atoms with Gasteiger partial charge in [0.25, 0.3) is 0 Å². The molecule has 1 aromatic rings. The van der Waals surface area contributed by atoms with Gasteiger partial charge in [-0.25, -0.2) is 8.78 Å². The summed E-state index contributed by atoms with van der Waals surface area (Å²) in [6.07, 6.45) is -2.42. The highest BCUT2D eigenvalue weighted by atomic mass is 35.5. The van der Waals surface area contributed by atoms with Crippen molar-refractivity contribution in [1.29, 1.82) is 0 Å². The first kappa shape index (κ1) is 16.0. The summed E-state index contributed by atoms with van der Waals surface area (Å²) in [6.45, 7) is 0.781. The van der Waals surface area contributed by atoms with E-state index in [4.69, 9.17) is 5.73 Å². The zero-order chi connectivity index (χ0) is 12.3. The summed E-state index contributed by atoms with van der Waals surface area (Å²) in [5.74, 6) is -0.877. The van der Waals surface area contributed by atoms with E-state index in [9.17, 15) is 17.6 Å². The molecule has 0 heterocycles. The van der Waals surface area contributed by atoms with E-state index in [1.165, 1.54) is 11.4 Å². The summed E-state index contributed by atoms with van der Waals surface area (Å²) in [5.41, 5.74) is 5.30. The highest BCUT2D eigenvalue weighted by Gasteiger charge is 2.37. The Bertz CT molecular complexity index is 371. The summed E-state index contributed by atoms with van der Waals surface area (Å²) >= 11 is 0. The molecule has 0 fully saturated rings. The lowest BCUT2D eigenvalue weighted by atomic mass is 10.2. The Morgan fingerprint density at radius 2 is 2.00 bits per heavy atom. The third-order valence-corrected chi connectivity index (χ3v) is 2.07. The maximum atomic E-state index is 13.1. The lowest BCUT2D eigenvalue weighted by Gasteiger charge is -2.20. The van der Waals surface area contributed by atoms with Crippen LogP contribution >= 0.6 is 12.4 Å². The van der Waals surface area contributed by atoms with Crippen molar-refractivity contribution in [2.45, 2.75) is 25.7 Å². The number of benzene rings is 1. The van der Waals surface area contributed by atoms with E-state index in [0.717, 1.165) is 12.1 Å². The number of halogens is 5. The van der Waals surface area contributed by atoms with Gasteiger partial charge >= 0.3 is 6.05 Å². The van der Waals surface area contributed by atoms with Crippen molar-refractivity contribution >= 4 is 18.1 Å². The van der Waals surface area contributed by atoms with Gasteiger partial charge in [-0.3, -0.25) is 0 Å². The second-order valence-electron chi connectivity index (χ2n) is 3.38. The number of alkyl halides is 3. The molecular formula is C10H13ClF4N2. The van der Waals surface area contributed by atoms with Crippen molar-refractivity contribution in [3.8, 4) is 0 Å². The minimum absolute atomic E-state index is 0. The van der Waals surface area contributed by atoms with Crippen molar-refractivity contribution < 1.29 is 17.6 Å². The number of hydrogen-bond acceptors (Lipinski definition) is 2. The maximum absolute atomic E-state index is 13.1. The monoisotopic (exact) mass is 272 g/mol. The van der Waals surface area contributed by atoms with Crippen LogP contribution < -0.4 is 11.1 Å². The Hall–Kier alpha value is -1.01. The van der Waals surface area contributed by atoms with Crippen molar-refractivity contribution in [3.63, 3.8) is 0 Å². The van der Waals surface area contributed by atoms with Gasteiger partial charge in [0.2, 0.25) is 0 Å². The van der Waals surface area contributed by atoms with Crippen molar-refractivity contribution in [2.24, 2.45) is 5.73 Å². The van der Waals surface area contributed by atoms with Gasteiger partial charge in [0, 0.05) is 6.54 Å². The standard InChI is InChI=1S/C10H12F4N2.ClH/c1-6(11)10(13,14)16-9-4-7(5-15)2-3-8(9)12;/h2-4,6,16H,5,15H2,1H3;1H. The van der Waals surface area contributed by atoms with E-state index in [-0.39, 0.29) is 19.0 Å². The van der Waals surface area contributed by atoms with Gasteiger partial charge in [-0.2, -0.15) is 8.78 Å². The summed E-state index contributed by atoms with van der Waals surface area (Å²) in [6, 6.07) is -0.305. The second-order valence-corrected chi connectivity index (χ2v) is 3.38. The predicted molar refractivity (Wildman–Crippen MR) is 60.7 cm³/mol. The highest BCUT2D eigenvalue weighted by Crippen LogP contribution is 2.26. The summed E-state index contributed by atoms with van der Waals surface area (Å²) in [4.78, 5) is 0. The van der Waals surface area contributed by atoms with Crippen LogP contribution in [0.25, 0.3) is 0 Å². The van der Waals surface area contributed by atoms with Crippen LogP contribution in [0.4, 0.5) is 23.2 Å². The molecule has 3 N–H and O–H groups in total. The fourth-order valence-electron chi connectivity index (χ4n) is 1.07. The Morgan fingerprint density at radius 3 is 2.47 bits per heavy atom. The fraction of sp³-hybridized carbons (Fsp3) is 0.400. The summed E-state index contributed by atoms with van der Waals surface area (Å²) in [7, 11) is 0. The Morgan fingerprint density at radius 1 is 1.41 bits per heavy atom. The number of anilines is 1. The zero-order valence-electron chi connectivity index (χ0n) is 9.01. The van der Waals surface area contributed by atoms with Gasteiger partial charge in [-0.15, -0.1) is 12.4 Å². The SMILES string of the molecule is CC(F)C(F)(F)Nc1cc(CN)ccc1F.Cl. The first-order valence-electron chi connectivity index (χ1n) is 4.65. The lowest BCUT2D eigenvalue weighted by Crippen LogP contribution is -2.36. The number of rotatable bonds is 4. The van der Waals surface area contributed by atoms with Crippen molar-refractivity contribution in [2.75, 3.05) is 5.32 Å². The fourth-order valence-corrected chi connectivity index (χ4v) is 1.07. The van der Waals surface area contributed by atoms with Crippen LogP contribution in [-0.4, -0.2) is 12.2 Å². The van der Waals surface area contributed by atoms with E-state index < -0.39 is 23.7 Å². The van der Waals surface area contributed by atoms with Crippen LogP contribution in [0.3, 0.4) is 0 Å². The molecule has 0 saturated heterocycles. The molecule has 0 saturated carbocycles. The summed E-state index contributed by atoms with van der Waals surface area (Å²) < 4.78 is 51.6. The van der Waals surface area contributed by atoms with Gasteiger partial charge < -0.3 is 11.1 Å². The van der Waals surface area contributed by atoms with E-state index in [2.05, 4.69) is 0 Å². The van der Waals surface area contributed by atoms with Gasteiger partial charge in [0.15, 0.2) is 6.17 Å². The normalized spacial score (nSPS) is 12.8. The molecule has 0 aliphatic heterocycles. The first-order valence-corrected chi connectivity index (χ1v) is 4.65. The van der Waals surface area contributed by atoms with Gasteiger partial charge in [0.05, 0.1) is 5.69 Å². The molecule has 1 unspecified atom stereocenters. The van der Waals surface area contributed by atoms with Gasteiger partial charge in [0.1, 0.15) is 5.82 Å². The minimum Gasteiger partial charge on any atom is -0.326 e. The van der Waals surface area contributed by atoms with E-state index in [0.29, 0.717) is 12.5 Å². The third-order valence-electron chi connectivity index (χ3n) is 2.07. The van der Waals surface area contributed by atoms with E-state index in [1.807, 2.05) is 0 Å². The molecule has 0 bridgehead atoms. The lowest BCUT2D eigenvalue weighted by molar-refractivity contribution is -0.0380. The zero-order valence-corrected chi connectivity index (χ0v) is 9.83. The van der Waals surface area contributed by atoms with Gasteiger partial charge in [-0.05, 0) is 24.6 Å². The van der Waals surface area contributed by atoms with Crippen LogP contribution in [0.2, 0.25) is 0 Å². The largest absolute Gasteiger partial charge is 0.354 e. The third kappa shape index (κ3) is 4.05. The molecule has 0 aromatic heterocycles. The molecule has 0 radical (unpaired) electrons. The molecule has 0 amide bonds. The molecule has 1 rings (SSSR count). The van der Waals surface area contributed by atoms with Crippen LogP contribution in [0.1, 0.15) is 12.5 Å². The van der Waals surface area contributed by atoms with Crippen LogP contribution in [-0.2, 0) is 6.54 Å². The topological polar surface area (TPSA) is 38.0 Å². The number of nitrogens with two attached hydrogens (primary N) is 1. The van der Waals surface area contributed by atoms with Crippen LogP contribution in [0, 0.1) is 5.82 Å². The first-order chi connectivity index (χ1) is 7.36. The summed E-state index contributed by atoms with van der Waals surface area (Å²) in [5, 5.41) is 1.52. The molecular weight excluding hydrogens is 260 g/mol. The Kier molecular flexibility index (Phi) is 5.71. The van der Waals surface area contributed by atoms with Crippen LogP contribution in [0.15, 0.2) is 18.2 Å². The van der Waals surface area contributed by atoms with Crippen molar-refractivity contribution in [3.05, 3.63) is 29.6 Å². The molecule has 98 valence electrons. The van der Waals surface area contributed by atoms with E-state index >= 15 is 0 Å². The molecule has 1 aromatic carbocycles.